The number of amides is 2. The third-order valence-electron chi connectivity index (χ3n) is 7.15. The summed E-state index contributed by atoms with van der Waals surface area (Å²) in [6.45, 7) is 8.75. The quantitative estimate of drug-likeness (QED) is 0.529. The van der Waals surface area contributed by atoms with Gasteiger partial charge in [0.2, 0.25) is 11.9 Å². The van der Waals surface area contributed by atoms with E-state index in [9.17, 15) is 9.59 Å². The van der Waals surface area contributed by atoms with E-state index in [4.69, 9.17) is 20.0 Å². The van der Waals surface area contributed by atoms with E-state index in [1.165, 1.54) is 4.90 Å². The van der Waals surface area contributed by atoms with Crippen molar-refractivity contribution in [2.75, 3.05) is 12.8 Å². The zero-order valence-corrected chi connectivity index (χ0v) is 23.3. The molecule has 0 aliphatic carbocycles. The summed E-state index contributed by atoms with van der Waals surface area (Å²) in [6.07, 6.45) is 5.98. The van der Waals surface area contributed by atoms with E-state index in [1.807, 2.05) is 32.9 Å². The second-order valence-corrected chi connectivity index (χ2v) is 12.9. The van der Waals surface area contributed by atoms with Crippen LogP contribution in [-0.4, -0.2) is 46.7 Å². The Morgan fingerprint density at radius 1 is 1.24 bits per heavy atom. The largest absolute Gasteiger partial charge is 0.494 e. The van der Waals surface area contributed by atoms with E-state index in [2.05, 4.69) is 30.5 Å². The lowest BCUT2D eigenvalue weighted by Gasteiger charge is -2.38. The van der Waals surface area contributed by atoms with Gasteiger partial charge in [-0.25, -0.2) is 4.76 Å². The molecule has 38 heavy (non-hydrogen) atoms. The highest BCUT2D eigenvalue weighted by atomic mass is 31.1. The molecule has 0 saturated heterocycles. The first-order valence-electron chi connectivity index (χ1n) is 13.1. The number of hydrogen-bond acceptors (Lipinski definition) is 6. The fourth-order valence-corrected chi connectivity index (χ4v) is 6.94. The average Bonchev–Trinajstić information content (AvgIpc) is 2.86. The molecule has 4 aliphatic rings. The second kappa shape index (κ2) is 10.4. The molecule has 2 aromatic carbocycles. The molecular formula is C29H35N4O4P. The van der Waals surface area contributed by atoms with Gasteiger partial charge in [-0.3, -0.25) is 14.5 Å². The van der Waals surface area contributed by atoms with E-state index in [1.54, 1.807) is 18.2 Å². The fourth-order valence-electron chi connectivity index (χ4n) is 5.18. The van der Waals surface area contributed by atoms with Crippen LogP contribution in [0.3, 0.4) is 0 Å². The molecule has 6 rings (SSSR count). The molecule has 9 heteroatoms. The zero-order valence-electron chi connectivity index (χ0n) is 22.4. The predicted octanol–water partition coefficient (Wildman–Crippen LogP) is 4.98. The minimum atomic E-state index is -0.931. The third-order valence-corrected chi connectivity index (χ3v) is 9.43. The summed E-state index contributed by atoms with van der Waals surface area (Å²) in [5.41, 5.74) is 9.31. The van der Waals surface area contributed by atoms with Gasteiger partial charge in [0.15, 0.2) is 0 Å². The molecule has 6 bridgehead atoms. The smallest absolute Gasteiger partial charge is 0.251 e. The van der Waals surface area contributed by atoms with Crippen molar-refractivity contribution in [2.24, 2.45) is 10.5 Å². The van der Waals surface area contributed by atoms with Crippen LogP contribution in [0.2, 0.25) is 0 Å². The molecule has 3 unspecified atom stereocenters. The van der Waals surface area contributed by atoms with Gasteiger partial charge in [0.25, 0.3) is 5.91 Å². The van der Waals surface area contributed by atoms with E-state index in [0.29, 0.717) is 36.1 Å². The van der Waals surface area contributed by atoms with E-state index >= 15 is 0 Å². The topological polar surface area (TPSA) is 106 Å². The SMILES string of the molecule is CCOc1ccc2cc1CN1C(=O)CP(N=C1N)C(C)C/C=C/c1ccc3c(c1)C(CC(C)(C)O3)NC2=O. The molecule has 8 nitrogen and oxygen atoms in total. The molecule has 200 valence electrons. The Hall–Kier alpha value is -3.38. The minimum absolute atomic E-state index is 0.0532. The molecule has 0 aromatic heterocycles. The Labute approximate surface area is 225 Å². The summed E-state index contributed by atoms with van der Waals surface area (Å²) in [4.78, 5) is 28.2. The molecule has 2 amide bonds. The van der Waals surface area contributed by atoms with Crippen molar-refractivity contribution in [1.29, 1.82) is 0 Å². The van der Waals surface area contributed by atoms with Crippen LogP contribution in [0.4, 0.5) is 0 Å². The lowest BCUT2D eigenvalue weighted by Crippen LogP contribution is -2.45. The standard InChI is InChI=1S/C29H35N4O4P/c1-5-36-24-12-10-20-14-21(24)16-33-26(34)17-38(32-28(33)30)18(2)7-6-8-19-9-11-25-22(13-19)23(31-27(20)35)15-29(3,4)37-25/h6,8-14,18,23H,5,7,15-17H2,1-4H3,(H2,30,32)(H,31,35)/b8-6+. The number of ether oxygens (including phenoxy) is 2. The highest BCUT2D eigenvalue weighted by molar-refractivity contribution is 7.58. The minimum Gasteiger partial charge on any atom is -0.494 e. The maximum absolute atomic E-state index is 13.5. The van der Waals surface area contributed by atoms with Gasteiger partial charge in [0.1, 0.15) is 17.1 Å². The first-order valence-corrected chi connectivity index (χ1v) is 14.7. The summed E-state index contributed by atoms with van der Waals surface area (Å²) >= 11 is 0. The van der Waals surface area contributed by atoms with E-state index < -0.39 is 13.7 Å². The Morgan fingerprint density at radius 3 is 2.82 bits per heavy atom. The molecule has 4 heterocycles. The number of allylic oxidation sites excluding steroid dienone is 1. The van der Waals surface area contributed by atoms with Crippen LogP contribution in [0.15, 0.2) is 47.2 Å². The fraction of sp³-hybridized carbons (Fsp3) is 0.414. The van der Waals surface area contributed by atoms with Crippen molar-refractivity contribution in [3.8, 4) is 11.5 Å². The molecule has 3 atom stereocenters. The van der Waals surface area contributed by atoms with E-state index in [0.717, 1.165) is 23.3 Å². The van der Waals surface area contributed by atoms with Gasteiger partial charge in [0, 0.05) is 36.8 Å². The molecule has 0 radical (unpaired) electrons. The average molecular weight is 535 g/mol. The van der Waals surface area contributed by atoms with Crippen LogP contribution in [0.1, 0.15) is 73.6 Å². The molecule has 0 saturated carbocycles. The van der Waals surface area contributed by atoms with Crippen LogP contribution < -0.4 is 20.5 Å². The normalized spacial score (nSPS) is 25.4. The summed E-state index contributed by atoms with van der Waals surface area (Å²) in [7, 11) is -0.931. The molecule has 4 aliphatic heterocycles. The third kappa shape index (κ3) is 5.41. The van der Waals surface area contributed by atoms with Gasteiger partial charge >= 0.3 is 0 Å². The zero-order chi connectivity index (χ0) is 27.0. The van der Waals surface area contributed by atoms with Gasteiger partial charge in [-0.15, -0.1) is 0 Å². The number of nitrogens with two attached hydrogens (primary N) is 1. The molecular weight excluding hydrogens is 499 g/mol. The van der Waals surface area contributed by atoms with Crippen LogP contribution in [0, 0.1) is 0 Å². The summed E-state index contributed by atoms with van der Waals surface area (Å²) in [5.74, 6) is 1.38. The van der Waals surface area contributed by atoms with Gasteiger partial charge in [-0.2, -0.15) is 0 Å². The maximum atomic E-state index is 13.5. The molecule has 0 fully saturated rings. The first-order chi connectivity index (χ1) is 18.1. The molecule has 3 N–H and O–H groups in total. The lowest BCUT2D eigenvalue weighted by atomic mass is 9.88. The number of nitrogens with one attached hydrogen (secondary N) is 1. The number of nitrogens with zero attached hydrogens (tertiary/aromatic N) is 2. The Morgan fingerprint density at radius 2 is 2.05 bits per heavy atom. The maximum Gasteiger partial charge on any atom is 0.251 e. The van der Waals surface area contributed by atoms with Crippen molar-refractivity contribution in [1.82, 2.24) is 10.2 Å². The van der Waals surface area contributed by atoms with Crippen LogP contribution >= 0.6 is 8.07 Å². The number of carbonyl (C=O) groups is 2. The summed E-state index contributed by atoms with van der Waals surface area (Å²) in [6, 6.07) is 11.2. The summed E-state index contributed by atoms with van der Waals surface area (Å²) < 4.78 is 16.8. The first kappa shape index (κ1) is 26.2. The number of hydrogen-bond donors (Lipinski definition) is 2. The van der Waals surface area contributed by atoms with E-state index in [-0.39, 0.29) is 36.0 Å². The number of fused-ring (bicyclic) bond motifs is 4. The van der Waals surface area contributed by atoms with Gasteiger partial charge in [-0.05, 0) is 63.1 Å². The Balaban J connectivity index is 1.59. The highest BCUT2D eigenvalue weighted by Crippen LogP contribution is 2.47. The predicted molar refractivity (Wildman–Crippen MR) is 151 cm³/mol. The molecule has 2 aromatic rings. The second-order valence-electron chi connectivity index (χ2n) is 10.7. The lowest BCUT2D eigenvalue weighted by molar-refractivity contribution is -0.125. The van der Waals surface area contributed by atoms with Gasteiger partial charge in [0.05, 0.1) is 25.4 Å². The van der Waals surface area contributed by atoms with Crippen molar-refractivity contribution in [3.05, 3.63) is 64.7 Å². The van der Waals surface area contributed by atoms with Crippen molar-refractivity contribution < 1.29 is 19.1 Å². The van der Waals surface area contributed by atoms with Crippen LogP contribution in [0.5, 0.6) is 11.5 Å². The monoisotopic (exact) mass is 534 g/mol. The number of rotatable bonds is 2. The van der Waals surface area contributed by atoms with Crippen molar-refractivity contribution >= 4 is 31.9 Å². The van der Waals surface area contributed by atoms with Crippen molar-refractivity contribution in [3.63, 3.8) is 0 Å². The van der Waals surface area contributed by atoms with Gasteiger partial charge < -0.3 is 20.5 Å². The van der Waals surface area contributed by atoms with Crippen LogP contribution in [-0.2, 0) is 11.3 Å². The number of carbonyl (C=O) groups excluding carboxylic acids is 2. The van der Waals surface area contributed by atoms with Gasteiger partial charge in [-0.1, -0.05) is 25.1 Å². The van der Waals surface area contributed by atoms with Crippen molar-refractivity contribution in [2.45, 2.75) is 64.4 Å². The number of guanidine groups is 1. The van der Waals surface area contributed by atoms with Crippen LogP contribution in [0.25, 0.3) is 6.08 Å². The molecule has 0 spiro atoms. The number of benzene rings is 2. The highest BCUT2D eigenvalue weighted by Gasteiger charge is 2.35. The Bertz CT molecular complexity index is 1320. The Kier molecular flexibility index (Phi) is 7.19. The summed E-state index contributed by atoms with van der Waals surface area (Å²) in [5, 5.41) is 3.23.